The number of piperidine rings is 1. The van der Waals surface area contributed by atoms with E-state index in [1.165, 1.54) is 38.8 Å². The summed E-state index contributed by atoms with van der Waals surface area (Å²) < 4.78 is 0. The second-order valence-electron chi connectivity index (χ2n) is 6.68. The first-order valence-corrected chi connectivity index (χ1v) is 6.46. The maximum atomic E-state index is 7.44. The summed E-state index contributed by atoms with van der Waals surface area (Å²) in [4.78, 5) is 2.60. The molecule has 0 bridgehead atoms. The molecule has 1 saturated heterocycles. The molecule has 1 heterocycles. The van der Waals surface area contributed by atoms with Crippen LogP contribution in [0.1, 0.15) is 46.0 Å². The fourth-order valence-corrected chi connectivity index (χ4v) is 3.13. The minimum atomic E-state index is 0.369. The van der Waals surface area contributed by atoms with Gasteiger partial charge in [0.2, 0.25) is 0 Å². The molecule has 1 aliphatic heterocycles. The molecule has 0 radical (unpaired) electrons. The molecule has 3 heteroatoms. The first-order valence-electron chi connectivity index (χ1n) is 6.46. The fraction of sp³-hybridized carbons (Fsp3) is 0.923. The van der Waals surface area contributed by atoms with Crippen molar-refractivity contribution in [3.8, 4) is 0 Å². The lowest BCUT2D eigenvalue weighted by Crippen LogP contribution is -2.43. The maximum Gasteiger partial charge on any atom is 0.0911 e. The lowest BCUT2D eigenvalue weighted by atomic mass is 9.83. The molecular weight excluding hydrogens is 198 g/mol. The Morgan fingerprint density at radius 2 is 2.00 bits per heavy atom. The molecule has 16 heavy (non-hydrogen) atoms. The third-order valence-corrected chi connectivity index (χ3v) is 4.06. The zero-order valence-corrected chi connectivity index (χ0v) is 10.7. The topological polar surface area (TPSA) is 53.1 Å². The Bertz CT molecular complexity index is 279. The summed E-state index contributed by atoms with van der Waals surface area (Å²) in [5, 5.41) is 7.44. The van der Waals surface area contributed by atoms with Crippen LogP contribution >= 0.6 is 0 Å². The molecular formula is C13H25N3. The standard InChI is InChI=1S/C13H25N3/c1-12(2)4-3-7-16(9-12)10-13(5-6-13)8-11(14)15/h3-10H2,1-2H3,(H3,14,15). The van der Waals surface area contributed by atoms with Gasteiger partial charge in [-0.25, -0.2) is 0 Å². The second-order valence-corrected chi connectivity index (χ2v) is 6.68. The van der Waals surface area contributed by atoms with E-state index in [1.807, 2.05) is 0 Å². The summed E-state index contributed by atoms with van der Waals surface area (Å²) in [7, 11) is 0. The van der Waals surface area contributed by atoms with E-state index >= 15 is 0 Å². The van der Waals surface area contributed by atoms with Crippen LogP contribution in [0.2, 0.25) is 0 Å². The van der Waals surface area contributed by atoms with Crippen molar-refractivity contribution in [2.24, 2.45) is 16.6 Å². The third-order valence-electron chi connectivity index (χ3n) is 4.06. The van der Waals surface area contributed by atoms with Crippen molar-refractivity contribution in [1.29, 1.82) is 5.41 Å². The van der Waals surface area contributed by atoms with Crippen LogP contribution in [0, 0.1) is 16.2 Å². The van der Waals surface area contributed by atoms with Gasteiger partial charge >= 0.3 is 0 Å². The number of amidine groups is 1. The van der Waals surface area contributed by atoms with Gasteiger partial charge in [0, 0.05) is 19.5 Å². The summed E-state index contributed by atoms with van der Waals surface area (Å²) in [5.74, 6) is 0.369. The lowest BCUT2D eigenvalue weighted by molar-refractivity contribution is 0.0981. The number of hydrogen-bond acceptors (Lipinski definition) is 2. The van der Waals surface area contributed by atoms with Gasteiger partial charge in [0.15, 0.2) is 0 Å². The Balaban J connectivity index is 1.87. The van der Waals surface area contributed by atoms with Gasteiger partial charge in [-0.3, -0.25) is 5.41 Å². The average molecular weight is 223 g/mol. The van der Waals surface area contributed by atoms with E-state index in [-0.39, 0.29) is 0 Å². The van der Waals surface area contributed by atoms with Crippen molar-refractivity contribution in [1.82, 2.24) is 4.90 Å². The molecule has 0 aromatic rings. The molecule has 2 rings (SSSR count). The minimum Gasteiger partial charge on any atom is -0.388 e. The normalized spacial score (nSPS) is 27.6. The molecule has 0 spiro atoms. The van der Waals surface area contributed by atoms with Crippen LogP contribution in [-0.2, 0) is 0 Å². The van der Waals surface area contributed by atoms with Crippen molar-refractivity contribution in [3.05, 3.63) is 0 Å². The second kappa shape index (κ2) is 4.02. The molecule has 3 nitrogen and oxygen atoms in total. The SMILES string of the molecule is CC1(C)CCCN(CC2(CC(=N)N)CC2)C1. The third kappa shape index (κ3) is 2.97. The van der Waals surface area contributed by atoms with E-state index in [1.54, 1.807) is 0 Å². The molecule has 0 amide bonds. The van der Waals surface area contributed by atoms with E-state index < -0.39 is 0 Å². The molecule has 0 atom stereocenters. The van der Waals surface area contributed by atoms with Crippen molar-refractivity contribution in [2.45, 2.75) is 46.0 Å². The Labute approximate surface area is 98.9 Å². The van der Waals surface area contributed by atoms with Crippen LogP contribution in [0.4, 0.5) is 0 Å². The molecule has 3 N–H and O–H groups in total. The monoisotopic (exact) mass is 223 g/mol. The van der Waals surface area contributed by atoms with Gasteiger partial charge in [-0.15, -0.1) is 0 Å². The molecule has 92 valence electrons. The van der Waals surface area contributed by atoms with Gasteiger partial charge < -0.3 is 10.6 Å². The quantitative estimate of drug-likeness (QED) is 0.567. The summed E-state index contributed by atoms with van der Waals surface area (Å²) in [5.41, 5.74) is 6.39. The fourth-order valence-electron chi connectivity index (χ4n) is 3.13. The predicted octanol–water partition coefficient (Wildman–Crippen LogP) is 2.21. The maximum absolute atomic E-state index is 7.44. The number of hydrogen-bond donors (Lipinski definition) is 2. The molecule has 2 aliphatic rings. The Hall–Kier alpha value is -0.570. The van der Waals surface area contributed by atoms with Crippen molar-refractivity contribution < 1.29 is 0 Å². The van der Waals surface area contributed by atoms with Crippen LogP contribution < -0.4 is 5.73 Å². The number of nitrogens with two attached hydrogens (primary N) is 1. The number of rotatable bonds is 4. The first-order chi connectivity index (χ1) is 7.41. The van der Waals surface area contributed by atoms with Crippen LogP contribution in [-0.4, -0.2) is 30.4 Å². The zero-order valence-electron chi connectivity index (χ0n) is 10.7. The van der Waals surface area contributed by atoms with Crippen molar-refractivity contribution >= 4 is 5.84 Å². The van der Waals surface area contributed by atoms with Gasteiger partial charge in [-0.2, -0.15) is 0 Å². The number of nitrogens with zero attached hydrogens (tertiary/aromatic N) is 1. The predicted molar refractivity (Wildman–Crippen MR) is 67.7 cm³/mol. The Morgan fingerprint density at radius 3 is 2.50 bits per heavy atom. The van der Waals surface area contributed by atoms with Crippen LogP contribution in [0.25, 0.3) is 0 Å². The van der Waals surface area contributed by atoms with Gasteiger partial charge in [0.25, 0.3) is 0 Å². The zero-order chi connectivity index (χ0) is 11.8. The van der Waals surface area contributed by atoms with E-state index in [0.717, 1.165) is 13.0 Å². The van der Waals surface area contributed by atoms with E-state index in [4.69, 9.17) is 11.1 Å². The van der Waals surface area contributed by atoms with Crippen molar-refractivity contribution in [2.75, 3.05) is 19.6 Å². The molecule has 2 fully saturated rings. The Kier molecular flexibility index (Phi) is 2.99. The molecule has 0 aromatic heterocycles. The van der Waals surface area contributed by atoms with Gasteiger partial charge in [-0.1, -0.05) is 13.8 Å². The van der Waals surface area contributed by atoms with Crippen LogP contribution in [0.5, 0.6) is 0 Å². The highest BCUT2D eigenvalue weighted by Gasteiger charge is 2.45. The van der Waals surface area contributed by atoms with Gasteiger partial charge in [-0.05, 0) is 43.1 Å². The molecule has 0 unspecified atom stereocenters. The highest BCUT2D eigenvalue weighted by molar-refractivity contribution is 5.78. The summed E-state index contributed by atoms with van der Waals surface area (Å²) in [6.07, 6.45) is 6.02. The smallest absolute Gasteiger partial charge is 0.0911 e. The minimum absolute atomic E-state index is 0.369. The van der Waals surface area contributed by atoms with Gasteiger partial charge in [0.05, 0.1) is 5.84 Å². The van der Waals surface area contributed by atoms with E-state index in [9.17, 15) is 0 Å². The molecule has 1 aliphatic carbocycles. The highest BCUT2D eigenvalue weighted by Crippen LogP contribution is 2.49. The Morgan fingerprint density at radius 1 is 1.31 bits per heavy atom. The molecule has 1 saturated carbocycles. The van der Waals surface area contributed by atoms with Crippen LogP contribution in [0.3, 0.4) is 0 Å². The van der Waals surface area contributed by atoms with Gasteiger partial charge in [0.1, 0.15) is 0 Å². The first kappa shape index (κ1) is 11.9. The average Bonchev–Trinajstić information content (AvgIpc) is 2.81. The number of likely N-dealkylation sites (tertiary alicyclic amines) is 1. The largest absolute Gasteiger partial charge is 0.388 e. The van der Waals surface area contributed by atoms with Crippen LogP contribution in [0.15, 0.2) is 0 Å². The summed E-state index contributed by atoms with van der Waals surface area (Å²) in [6.45, 7) is 8.35. The highest BCUT2D eigenvalue weighted by atomic mass is 15.1. The molecule has 0 aromatic carbocycles. The van der Waals surface area contributed by atoms with Crippen molar-refractivity contribution in [3.63, 3.8) is 0 Å². The number of nitrogens with one attached hydrogen (secondary N) is 1. The van der Waals surface area contributed by atoms with E-state index in [2.05, 4.69) is 18.7 Å². The lowest BCUT2D eigenvalue weighted by Gasteiger charge is -2.39. The summed E-state index contributed by atoms with van der Waals surface area (Å²) in [6, 6.07) is 0. The van der Waals surface area contributed by atoms with E-state index in [0.29, 0.717) is 16.7 Å². The summed E-state index contributed by atoms with van der Waals surface area (Å²) >= 11 is 0.